The van der Waals surface area contributed by atoms with Crippen LogP contribution in [0.2, 0.25) is 0 Å². The number of hydrogen-bond acceptors (Lipinski definition) is 8. The van der Waals surface area contributed by atoms with Crippen molar-refractivity contribution in [2.45, 2.75) is 65.1 Å². The Kier molecular flexibility index (Phi) is 12.5. The van der Waals surface area contributed by atoms with Crippen molar-refractivity contribution in [1.82, 2.24) is 5.32 Å². The van der Waals surface area contributed by atoms with Crippen LogP contribution in [0.25, 0.3) is 0 Å². The topological polar surface area (TPSA) is 109 Å². The van der Waals surface area contributed by atoms with Crippen LogP contribution in [0.15, 0.2) is 30.3 Å². The molecular weight excluding hydrogens is 418 g/mol. The molecule has 0 saturated carbocycles. The molecule has 0 aromatic heterocycles. The van der Waals surface area contributed by atoms with E-state index in [0.717, 1.165) is 0 Å². The lowest BCUT2D eigenvalue weighted by molar-refractivity contribution is -0.293. The SMILES string of the molecule is CCOC(=O)C(CC[C@@H](CC)OC(OC)OCC)(NC(=O)c1ccccc1)C(=O)OCC. The molecule has 9 nitrogen and oxygen atoms in total. The van der Waals surface area contributed by atoms with Gasteiger partial charge >= 0.3 is 11.9 Å². The van der Waals surface area contributed by atoms with Gasteiger partial charge in [0.2, 0.25) is 5.54 Å². The van der Waals surface area contributed by atoms with Crippen molar-refractivity contribution in [3.63, 3.8) is 0 Å². The lowest BCUT2D eigenvalue weighted by atomic mass is 9.90. The summed E-state index contributed by atoms with van der Waals surface area (Å²) in [6, 6.07) is 8.30. The molecule has 0 aliphatic heterocycles. The summed E-state index contributed by atoms with van der Waals surface area (Å²) in [4.78, 5) is 38.9. The lowest BCUT2D eigenvalue weighted by Gasteiger charge is -2.32. The van der Waals surface area contributed by atoms with Crippen molar-refractivity contribution in [1.29, 1.82) is 0 Å². The van der Waals surface area contributed by atoms with Crippen LogP contribution in [0.5, 0.6) is 0 Å². The summed E-state index contributed by atoms with van der Waals surface area (Å²) < 4.78 is 26.6. The van der Waals surface area contributed by atoms with Crippen LogP contribution >= 0.6 is 0 Å². The van der Waals surface area contributed by atoms with E-state index in [4.69, 9.17) is 23.7 Å². The Morgan fingerprint density at radius 3 is 2.00 bits per heavy atom. The fourth-order valence-corrected chi connectivity index (χ4v) is 3.02. The number of rotatable bonds is 15. The minimum Gasteiger partial charge on any atom is -0.464 e. The third-order valence-corrected chi connectivity index (χ3v) is 4.71. The zero-order chi connectivity index (χ0) is 24.0. The molecule has 1 aromatic rings. The predicted molar refractivity (Wildman–Crippen MR) is 117 cm³/mol. The third-order valence-electron chi connectivity index (χ3n) is 4.71. The van der Waals surface area contributed by atoms with Gasteiger partial charge in [0.1, 0.15) is 0 Å². The quantitative estimate of drug-likeness (QED) is 0.245. The second-order valence-electron chi connectivity index (χ2n) is 6.85. The highest BCUT2D eigenvalue weighted by Gasteiger charge is 2.50. The van der Waals surface area contributed by atoms with Gasteiger partial charge in [-0.2, -0.15) is 0 Å². The maximum Gasteiger partial charge on any atom is 0.343 e. The number of hydrogen-bond donors (Lipinski definition) is 1. The number of ether oxygens (including phenoxy) is 5. The standard InChI is InChI=1S/C23H35NO8/c1-6-18(32-22(28-5)31-9-4)15-16-23(20(26)29-7-2,21(27)30-8-3)24-19(25)17-13-11-10-12-14-17/h10-14,18,22H,6-9,15-16H2,1-5H3,(H,24,25)/t18-,22?/m1/s1. The van der Waals surface area contributed by atoms with E-state index in [-0.39, 0.29) is 26.1 Å². The number of methoxy groups -OCH3 is 1. The number of esters is 2. The van der Waals surface area contributed by atoms with E-state index in [9.17, 15) is 14.4 Å². The highest BCUT2D eigenvalue weighted by Crippen LogP contribution is 2.23. The summed E-state index contributed by atoms with van der Waals surface area (Å²) >= 11 is 0. The highest BCUT2D eigenvalue weighted by atomic mass is 16.8. The maximum atomic E-state index is 13.0. The largest absolute Gasteiger partial charge is 0.464 e. The van der Waals surface area contributed by atoms with Crippen molar-refractivity contribution in [3.8, 4) is 0 Å². The van der Waals surface area contributed by atoms with Crippen molar-refractivity contribution < 1.29 is 38.1 Å². The molecule has 1 amide bonds. The molecule has 0 radical (unpaired) electrons. The van der Waals surface area contributed by atoms with Gasteiger partial charge in [0.05, 0.1) is 19.3 Å². The van der Waals surface area contributed by atoms with Gasteiger partial charge in [0.15, 0.2) is 0 Å². The molecule has 0 saturated heterocycles. The van der Waals surface area contributed by atoms with Crippen LogP contribution in [0.1, 0.15) is 57.3 Å². The van der Waals surface area contributed by atoms with Gasteiger partial charge in [-0.25, -0.2) is 9.59 Å². The first-order chi connectivity index (χ1) is 15.4. The van der Waals surface area contributed by atoms with Crippen LogP contribution in [0, 0.1) is 0 Å². The molecule has 0 bridgehead atoms. The highest BCUT2D eigenvalue weighted by molar-refractivity contribution is 6.10. The number of carbonyl (C=O) groups excluding carboxylic acids is 3. The minimum atomic E-state index is -2.02. The van der Waals surface area contributed by atoms with E-state index >= 15 is 0 Å². The monoisotopic (exact) mass is 453 g/mol. The molecule has 2 atom stereocenters. The van der Waals surface area contributed by atoms with Crippen LogP contribution in [-0.2, 0) is 33.3 Å². The maximum absolute atomic E-state index is 13.0. The molecule has 1 unspecified atom stereocenters. The average molecular weight is 454 g/mol. The molecule has 0 fully saturated rings. The zero-order valence-electron chi connectivity index (χ0n) is 19.6. The Balaban J connectivity index is 3.21. The fourth-order valence-electron chi connectivity index (χ4n) is 3.02. The molecule has 180 valence electrons. The summed E-state index contributed by atoms with van der Waals surface area (Å²) in [5, 5.41) is 2.58. The Morgan fingerprint density at radius 1 is 0.938 bits per heavy atom. The third kappa shape index (κ3) is 7.89. The first-order valence-corrected chi connectivity index (χ1v) is 10.9. The Bertz CT molecular complexity index is 691. The van der Waals surface area contributed by atoms with Crippen molar-refractivity contribution in [3.05, 3.63) is 35.9 Å². The molecule has 1 aromatic carbocycles. The van der Waals surface area contributed by atoms with E-state index in [1.165, 1.54) is 7.11 Å². The fraction of sp³-hybridized carbons (Fsp3) is 0.609. The summed E-state index contributed by atoms with van der Waals surface area (Å²) in [7, 11) is 1.45. The van der Waals surface area contributed by atoms with Gasteiger partial charge in [-0.15, -0.1) is 0 Å². The molecule has 1 rings (SSSR count). The van der Waals surface area contributed by atoms with E-state index in [1.54, 1.807) is 44.2 Å². The smallest absolute Gasteiger partial charge is 0.343 e. The lowest BCUT2D eigenvalue weighted by Crippen LogP contribution is -2.61. The van der Waals surface area contributed by atoms with Crippen molar-refractivity contribution in [2.75, 3.05) is 26.9 Å². The first-order valence-electron chi connectivity index (χ1n) is 10.9. The number of carbonyl (C=O) groups is 3. The molecule has 0 aliphatic carbocycles. The molecule has 0 spiro atoms. The first kappa shape index (κ1) is 27.5. The normalized spacial score (nSPS) is 13.2. The predicted octanol–water partition coefficient (Wildman–Crippen LogP) is 2.82. The van der Waals surface area contributed by atoms with E-state index in [1.807, 2.05) is 13.8 Å². The van der Waals surface area contributed by atoms with E-state index in [2.05, 4.69) is 5.32 Å². The van der Waals surface area contributed by atoms with Crippen LogP contribution < -0.4 is 5.32 Å². The van der Waals surface area contributed by atoms with Gasteiger partial charge in [-0.3, -0.25) is 4.79 Å². The summed E-state index contributed by atoms with van der Waals surface area (Å²) in [5.41, 5.74) is -1.73. The van der Waals surface area contributed by atoms with Crippen molar-refractivity contribution >= 4 is 17.8 Å². The second kappa shape index (κ2) is 14.5. The summed E-state index contributed by atoms with van der Waals surface area (Å²) in [6.07, 6.45) is 0.283. The van der Waals surface area contributed by atoms with Gasteiger partial charge in [-0.1, -0.05) is 25.1 Å². The van der Waals surface area contributed by atoms with Crippen molar-refractivity contribution in [2.24, 2.45) is 0 Å². The Labute approximate surface area is 189 Å². The molecule has 0 aliphatic rings. The summed E-state index contributed by atoms with van der Waals surface area (Å²) in [6.45, 7) is 6.51. The summed E-state index contributed by atoms with van der Waals surface area (Å²) in [5.74, 6) is -2.36. The number of nitrogens with one attached hydrogen (secondary N) is 1. The van der Waals surface area contributed by atoms with Gasteiger partial charge in [-0.05, 0) is 52.2 Å². The van der Waals surface area contributed by atoms with Crippen LogP contribution in [0.4, 0.5) is 0 Å². The molecule has 1 N–H and O–H groups in total. The van der Waals surface area contributed by atoms with Gasteiger partial charge < -0.3 is 29.0 Å². The average Bonchev–Trinajstić information content (AvgIpc) is 2.80. The molecule has 9 heteroatoms. The molecule has 0 heterocycles. The Hall–Kier alpha value is -2.49. The minimum absolute atomic E-state index is 0.0327. The molecule has 32 heavy (non-hydrogen) atoms. The zero-order valence-corrected chi connectivity index (χ0v) is 19.6. The van der Waals surface area contributed by atoms with Gasteiger partial charge in [0, 0.05) is 19.3 Å². The van der Waals surface area contributed by atoms with Gasteiger partial charge in [0.25, 0.3) is 12.4 Å². The second-order valence-corrected chi connectivity index (χ2v) is 6.85. The van der Waals surface area contributed by atoms with E-state index in [0.29, 0.717) is 18.6 Å². The number of amides is 1. The molecular formula is C23H35NO8. The van der Waals surface area contributed by atoms with Crippen LogP contribution in [-0.4, -0.2) is 62.9 Å². The number of benzene rings is 1. The van der Waals surface area contributed by atoms with Crippen LogP contribution in [0.3, 0.4) is 0 Å². The Morgan fingerprint density at radius 2 is 1.53 bits per heavy atom. The van der Waals surface area contributed by atoms with E-state index < -0.39 is 36.0 Å².